The van der Waals surface area contributed by atoms with E-state index in [-0.39, 0.29) is 12.0 Å². The number of likely N-dealkylation sites (tertiary alicyclic amines) is 1. The quantitative estimate of drug-likeness (QED) is 0.467. The van der Waals surface area contributed by atoms with Gasteiger partial charge < -0.3 is 24.4 Å². The highest BCUT2D eigenvalue weighted by Crippen LogP contribution is 2.28. The predicted molar refractivity (Wildman–Crippen MR) is 136 cm³/mol. The topological polar surface area (TPSA) is 92.7 Å². The van der Waals surface area contributed by atoms with E-state index in [9.17, 15) is 9.59 Å². The molecule has 0 radical (unpaired) electrons. The highest BCUT2D eigenvalue weighted by molar-refractivity contribution is 8.14. The summed E-state index contributed by atoms with van der Waals surface area (Å²) in [7, 11) is 3.04. The van der Waals surface area contributed by atoms with E-state index in [1.165, 1.54) is 7.11 Å². The number of hydrogen-bond donors (Lipinski definition) is 1. The molecule has 2 unspecified atom stereocenters. The number of nitrogens with one attached hydrogen (secondary N) is 1. The van der Waals surface area contributed by atoms with Gasteiger partial charge in [-0.2, -0.15) is 0 Å². The number of esters is 1. The highest BCUT2D eigenvalue weighted by Gasteiger charge is 2.34. The SMILES string of the molecule is C#CC1(C)COCCN1Cc1ccc(NC(=O)C2CSC(N3CC[C@H](OC)C3)=N2)c(C(=O)OC)c1. The van der Waals surface area contributed by atoms with Crippen molar-refractivity contribution >= 4 is 34.5 Å². The summed E-state index contributed by atoms with van der Waals surface area (Å²) in [6.07, 6.45) is 6.92. The van der Waals surface area contributed by atoms with Gasteiger partial charge in [-0.05, 0) is 31.0 Å². The molecule has 3 atom stereocenters. The predicted octanol–water partition coefficient (Wildman–Crippen LogP) is 1.83. The van der Waals surface area contributed by atoms with E-state index in [4.69, 9.17) is 20.6 Å². The second-order valence-electron chi connectivity index (χ2n) is 9.08. The number of anilines is 1. The molecule has 188 valence electrons. The summed E-state index contributed by atoms with van der Waals surface area (Å²) >= 11 is 1.57. The van der Waals surface area contributed by atoms with Crippen molar-refractivity contribution in [2.45, 2.75) is 37.6 Å². The third kappa shape index (κ3) is 5.64. The molecular formula is C25H32N4O5S. The van der Waals surface area contributed by atoms with Crippen LogP contribution in [0.25, 0.3) is 0 Å². The number of benzene rings is 1. The van der Waals surface area contributed by atoms with Gasteiger partial charge in [0.05, 0.1) is 37.7 Å². The minimum absolute atomic E-state index is 0.197. The number of carbonyl (C=O) groups is 2. The zero-order valence-corrected chi connectivity index (χ0v) is 21.2. The lowest BCUT2D eigenvalue weighted by atomic mass is 9.99. The van der Waals surface area contributed by atoms with Crippen molar-refractivity contribution in [3.8, 4) is 12.3 Å². The Kier molecular flexibility index (Phi) is 8.02. The summed E-state index contributed by atoms with van der Waals surface area (Å²) in [5.74, 6) is 2.62. The molecule has 35 heavy (non-hydrogen) atoms. The second-order valence-corrected chi connectivity index (χ2v) is 10.1. The van der Waals surface area contributed by atoms with E-state index >= 15 is 0 Å². The molecular weight excluding hydrogens is 468 g/mol. The summed E-state index contributed by atoms with van der Waals surface area (Å²) in [5.41, 5.74) is 1.07. The summed E-state index contributed by atoms with van der Waals surface area (Å²) < 4.78 is 16.0. The molecule has 3 aliphatic heterocycles. The molecule has 1 aromatic carbocycles. The number of thioether (sulfide) groups is 1. The normalized spacial score (nSPS) is 26.8. The van der Waals surface area contributed by atoms with E-state index < -0.39 is 17.6 Å². The van der Waals surface area contributed by atoms with Gasteiger partial charge in [-0.15, -0.1) is 6.42 Å². The van der Waals surface area contributed by atoms with Crippen molar-refractivity contribution in [3.63, 3.8) is 0 Å². The molecule has 0 aromatic heterocycles. The molecule has 0 bridgehead atoms. The number of terminal acetylenes is 1. The maximum absolute atomic E-state index is 13.0. The van der Waals surface area contributed by atoms with Crippen LogP contribution in [-0.2, 0) is 25.5 Å². The molecule has 0 saturated carbocycles. The Labute approximate surface area is 210 Å². The Morgan fingerprint density at radius 1 is 1.37 bits per heavy atom. The first-order valence-electron chi connectivity index (χ1n) is 11.7. The van der Waals surface area contributed by atoms with E-state index in [1.54, 1.807) is 31.0 Å². The Morgan fingerprint density at radius 2 is 2.20 bits per heavy atom. The number of morpholine rings is 1. The second kappa shape index (κ2) is 11.0. The van der Waals surface area contributed by atoms with Crippen LogP contribution < -0.4 is 5.32 Å². The number of carbonyl (C=O) groups excluding carboxylic acids is 2. The molecule has 1 N–H and O–H groups in total. The Balaban J connectivity index is 1.47. The molecule has 9 nitrogen and oxygen atoms in total. The average molecular weight is 501 g/mol. The summed E-state index contributed by atoms with van der Waals surface area (Å²) in [5, 5.41) is 3.76. The van der Waals surface area contributed by atoms with Crippen molar-refractivity contribution in [1.82, 2.24) is 9.80 Å². The fraction of sp³-hybridized carbons (Fsp3) is 0.560. The molecule has 1 aromatic rings. The minimum Gasteiger partial charge on any atom is -0.465 e. The first kappa shape index (κ1) is 25.5. The maximum Gasteiger partial charge on any atom is 0.339 e. The Hall–Kier alpha value is -2.58. The van der Waals surface area contributed by atoms with Gasteiger partial charge in [0.25, 0.3) is 0 Å². The lowest BCUT2D eigenvalue weighted by Gasteiger charge is -2.41. The number of ether oxygens (including phenoxy) is 3. The van der Waals surface area contributed by atoms with Crippen LogP contribution in [0, 0.1) is 12.3 Å². The lowest BCUT2D eigenvalue weighted by molar-refractivity contribution is -0.116. The smallest absolute Gasteiger partial charge is 0.339 e. The first-order valence-corrected chi connectivity index (χ1v) is 12.7. The summed E-state index contributed by atoms with van der Waals surface area (Å²) in [6.45, 7) is 5.91. The van der Waals surface area contributed by atoms with Gasteiger partial charge in [-0.25, -0.2) is 9.79 Å². The van der Waals surface area contributed by atoms with E-state index in [0.29, 0.717) is 43.3 Å². The van der Waals surface area contributed by atoms with Gasteiger partial charge in [-0.3, -0.25) is 9.69 Å². The molecule has 2 saturated heterocycles. The Bertz CT molecular complexity index is 1040. The van der Waals surface area contributed by atoms with Gasteiger partial charge in [-0.1, -0.05) is 23.7 Å². The van der Waals surface area contributed by atoms with Gasteiger partial charge in [0.15, 0.2) is 5.17 Å². The van der Waals surface area contributed by atoms with Gasteiger partial charge in [0.1, 0.15) is 11.6 Å². The highest BCUT2D eigenvalue weighted by atomic mass is 32.2. The van der Waals surface area contributed by atoms with Crippen LogP contribution in [0.2, 0.25) is 0 Å². The van der Waals surface area contributed by atoms with Gasteiger partial charge >= 0.3 is 5.97 Å². The molecule has 0 spiro atoms. The standard InChI is InChI=1S/C25H32N4O5S/c1-5-25(2)16-34-11-10-29(25)13-17-6-7-20(19(12-17)23(31)33-4)26-22(30)21-15-35-24(27-21)28-9-8-18(14-28)32-3/h1,6-7,12,18,21H,8-11,13-16H2,2-4H3,(H,26,30)/t18-,21?,25?/m0/s1. The number of nitrogens with zero attached hydrogens (tertiary/aromatic N) is 3. The monoisotopic (exact) mass is 500 g/mol. The largest absolute Gasteiger partial charge is 0.465 e. The van der Waals surface area contributed by atoms with Crippen molar-refractivity contribution in [2.75, 3.05) is 58.1 Å². The van der Waals surface area contributed by atoms with E-state index in [1.807, 2.05) is 13.0 Å². The molecule has 10 heteroatoms. The molecule has 4 rings (SSSR count). The van der Waals surface area contributed by atoms with Gasteiger partial charge in [0.2, 0.25) is 5.91 Å². The van der Waals surface area contributed by atoms with E-state index in [0.717, 1.165) is 30.2 Å². The van der Waals surface area contributed by atoms with Crippen LogP contribution in [0.1, 0.15) is 29.3 Å². The van der Waals surface area contributed by atoms with Crippen LogP contribution in [0.3, 0.4) is 0 Å². The zero-order valence-electron chi connectivity index (χ0n) is 20.4. The van der Waals surface area contributed by atoms with Crippen molar-refractivity contribution < 1.29 is 23.8 Å². The number of aliphatic imine (C=N–C) groups is 1. The Morgan fingerprint density at radius 3 is 2.91 bits per heavy atom. The van der Waals surface area contributed by atoms with Crippen molar-refractivity contribution in [2.24, 2.45) is 4.99 Å². The fourth-order valence-electron chi connectivity index (χ4n) is 4.45. The first-order chi connectivity index (χ1) is 16.9. The fourth-order valence-corrected chi connectivity index (χ4v) is 5.53. The van der Waals surface area contributed by atoms with Crippen LogP contribution in [0.5, 0.6) is 0 Å². The zero-order chi connectivity index (χ0) is 25.0. The number of hydrogen-bond acceptors (Lipinski definition) is 9. The lowest BCUT2D eigenvalue weighted by Crippen LogP contribution is -2.53. The third-order valence-electron chi connectivity index (χ3n) is 6.71. The molecule has 2 fully saturated rings. The molecule has 1 amide bonds. The van der Waals surface area contributed by atoms with E-state index in [2.05, 4.69) is 26.0 Å². The number of amidine groups is 1. The van der Waals surface area contributed by atoms with Crippen LogP contribution >= 0.6 is 11.8 Å². The van der Waals surface area contributed by atoms with Crippen LogP contribution in [0.15, 0.2) is 23.2 Å². The molecule has 3 heterocycles. The van der Waals surface area contributed by atoms with Crippen molar-refractivity contribution in [1.29, 1.82) is 0 Å². The average Bonchev–Trinajstić information content (AvgIpc) is 3.55. The summed E-state index contributed by atoms with van der Waals surface area (Å²) in [4.78, 5) is 34.5. The van der Waals surface area contributed by atoms with Crippen LogP contribution in [0.4, 0.5) is 5.69 Å². The molecule has 0 aliphatic carbocycles. The van der Waals surface area contributed by atoms with Gasteiger partial charge in [0, 0.05) is 39.0 Å². The number of methoxy groups -OCH3 is 2. The summed E-state index contributed by atoms with van der Waals surface area (Å²) in [6, 6.07) is 4.86. The van der Waals surface area contributed by atoms with Crippen LogP contribution in [-0.4, -0.2) is 97.3 Å². The number of rotatable bonds is 6. The maximum atomic E-state index is 13.0. The molecule has 3 aliphatic rings. The minimum atomic E-state index is -0.523. The van der Waals surface area contributed by atoms with Crippen molar-refractivity contribution in [3.05, 3.63) is 29.3 Å². The third-order valence-corrected chi connectivity index (χ3v) is 7.81. The number of amides is 1.